The Kier molecular flexibility index (Phi) is 37.6. The number of nitrogens with one attached hydrogen (secondary N) is 1. The Bertz CT molecular complexity index is 1450. The van der Waals surface area contributed by atoms with E-state index in [0.29, 0.717) is 12.8 Å². The molecule has 0 aliphatic carbocycles. The topological polar surface area (TPSA) is 307 Å². The van der Waals surface area contributed by atoms with E-state index in [1.165, 1.54) is 135 Å². The van der Waals surface area contributed by atoms with Crippen LogP contribution in [0.5, 0.6) is 0 Å². The van der Waals surface area contributed by atoms with E-state index in [1.54, 1.807) is 0 Å². The molecule has 0 aromatic carbocycles. The lowest BCUT2D eigenvalue weighted by molar-refractivity contribution is -0.379. The second kappa shape index (κ2) is 41.5. The quantitative estimate of drug-likeness (QED) is 0.0283. The number of hydrogen-bond donors (Lipinski definition) is 12. The molecule has 448 valence electrons. The van der Waals surface area contributed by atoms with E-state index < -0.39 is 124 Å². The van der Waals surface area contributed by atoms with E-state index in [1.807, 2.05) is 0 Å². The number of carbonyl (C=O) groups is 1. The SMILES string of the molecule is CCCCCCCCCC/C=C\CCCCCCCCCCCCCC(=O)NC(COC1OC(CO)C(OC2OC(CO)C(OC3OC(CO)C(O)C(O)C3O)C(O)C2O)C(O)C1O)C(O)CCCCCCCCCC. The summed E-state index contributed by atoms with van der Waals surface area (Å²) >= 11 is 0. The molecule has 0 aromatic rings. The van der Waals surface area contributed by atoms with Crippen LogP contribution in [-0.4, -0.2) is 193 Å². The highest BCUT2D eigenvalue weighted by atomic mass is 16.8. The van der Waals surface area contributed by atoms with Crippen LogP contribution in [0, 0.1) is 0 Å². The molecule has 3 aliphatic heterocycles. The fourth-order valence-electron chi connectivity index (χ4n) is 10.4. The maximum Gasteiger partial charge on any atom is 0.220 e. The van der Waals surface area contributed by atoms with Crippen molar-refractivity contribution in [2.45, 2.75) is 317 Å². The molecule has 19 nitrogen and oxygen atoms in total. The number of amides is 1. The van der Waals surface area contributed by atoms with Gasteiger partial charge in [0.05, 0.1) is 38.6 Å². The standard InChI is InChI=1S/C57H107NO18/c1-3-5-7-9-11-13-14-15-16-17-18-19-20-21-22-23-24-25-26-27-29-31-33-35-45(63)58-40(41(62)34-32-30-28-12-10-8-6-4-2)39-71-55-51(69)48(66)53(43(37-60)73-55)76-57-52(70)49(67)54(44(38-61)74-57)75-56-50(68)47(65)46(64)42(36-59)72-56/h17-18,40-44,46-57,59-62,64-70H,3-16,19-39H2,1-2H3,(H,58,63)/b18-17-. The second-order valence-corrected chi connectivity index (χ2v) is 21.8. The van der Waals surface area contributed by atoms with Crippen molar-refractivity contribution < 1.29 is 89.4 Å². The number of aliphatic hydroxyl groups is 11. The summed E-state index contributed by atoms with van der Waals surface area (Å²) in [7, 11) is 0. The summed E-state index contributed by atoms with van der Waals surface area (Å²) in [5, 5.41) is 120. The van der Waals surface area contributed by atoms with Gasteiger partial charge in [-0.15, -0.1) is 0 Å². The molecule has 12 N–H and O–H groups in total. The van der Waals surface area contributed by atoms with Gasteiger partial charge in [-0.25, -0.2) is 0 Å². The van der Waals surface area contributed by atoms with E-state index in [-0.39, 0.29) is 18.9 Å². The third-order valence-corrected chi connectivity index (χ3v) is 15.3. The molecule has 0 aromatic heterocycles. The minimum absolute atomic E-state index is 0.246. The summed E-state index contributed by atoms with van der Waals surface area (Å²) in [6, 6.07) is -0.881. The summed E-state index contributed by atoms with van der Waals surface area (Å²) in [6.45, 7) is 1.74. The van der Waals surface area contributed by atoms with E-state index in [2.05, 4.69) is 31.3 Å². The molecule has 0 saturated carbocycles. The van der Waals surface area contributed by atoms with Gasteiger partial charge in [0, 0.05) is 6.42 Å². The molecule has 3 fully saturated rings. The molecule has 19 heteroatoms. The van der Waals surface area contributed by atoms with Crippen LogP contribution in [0.3, 0.4) is 0 Å². The zero-order valence-corrected chi connectivity index (χ0v) is 46.5. The maximum absolute atomic E-state index is 13.3. The minimum Gasteiger partial charge on any atom is -0.394 e. The van der Waals surface area contributed by atoms with Crippen molar-refractivity contribution in [1.29, 1.82) is 0 Å². The Labute approximate surface area is 455 Å². The number of carbonyl (C=O) groups excluding carboxylic acids is 1. The number of aliphatic hydroxyl groups excluding tert-OH is 11. The van der Waals surface area contributed by atoms with Crippen molar-refractivity contribution in [1.82, 2.24) is 5.32 Å². The van der Waals surface area contributed by atoms with E-state index >= 15 is 0 Å². The van der Waals surface area contributed by atoms with Gasteiger partial charge in [-0.3, -0.25) is 4.79 Å². The summed E-state index contributed by atoms with van der Waals surface area (Å²) < 4.78 is 34.2. The van der Waals surface area contributed by atoms with Crippen LogP contribution in [0.15, 0.2) is 12.2 Å². The summed E-state index contributed by atoms with van der Waals surface area (Å²) in [5.41, 5.74) is 0. The molecule has 17 unspecified atom stereocenters. The number of ether oxygens (including phenoxy) is 6. The molecule has 1 amide bonds. The van der Waals surface area contributed by atoms with Crippen LogP contribution in [0.2, 0.25) is 0 Å². The third kappa shape index (κ3) is 25.5. The van der Waals surface area contributed by atoms with Crippen molar-refractivity contribution >= 4 is 5.91 Å². The summed E-state index contributed by atoms with van der Waals surface area (Å²) in [6.07, 6.45) is 13.4. The van der Waals surface area contributed by atoms with Crippen molar-refractivity contribution in [3.05, 3.63) is 12.2 Å². The van der Waals surface area contributed by atoms with Gasteiger partial charge in [0.1, 0.15) is 73.2 Å². The zero-order valence-electron chi connectivity index (χ0n) is 46.5. The van der Waals surface area contributed by atoms with Gasteiger partial charge >= 0.3 is 0 Å². The molecule has 76 heavy (non-hydrogen) atoms. The van der Waals surface area contributed by atoms with Crippen LogP contribution in [-0.2, 0) is 33.2 Å². The van der Waals surface area contributed by atoms with E-state index in [4.69, 9.17) is 28.4 Å². The number of rotatable bonds is 44. The molecule has 0 bridgehead atoms. The first-order valence-electron chi connectivity index (χ1n) is 29.9. The maximum atomic E-state index is 13.3. The molecule has 3 aliphatic rings. The Morgan fingerprint density at radius 3 is 1.28 bits per heavy atom. The Balaban J connectivity index is 1.42. The van der Waals surface area contributed by atoms with Gasteiger partial charge in [-0.05, 0) is 38.5 Å². The normalized spacial score (nSPS) is 31.0. The predicted molar refractivity (Wildman–Crippen MR) is 287 cm³/mol. The number of unbranched alkanes of at least 4 members (excludes halogenated alkanes) is 26. The largest absolute Gasteiger partial charge is 0.394 e. The lowest BCUT2D eigenvalue weighted by atomic mass is 9.96. The number of allylic oxidation sites excluding steroid dienone is 2. The van der Waals surface area contributed by atoms with Gasteiger partial charge in [0.2, 0.25) is 5.91 Å². The van der Waals surface area contributed by atoms with Crippen LogP contribution in [0.4, 0.5) is 0 Å². The monoisotopic (exact) mass is 1090 g/mol. The van der Waals surface area contributed by atoms with Crippen LogP contribution >= 0.6 is 0 Å². The molecule has 17 atom stereocenters. The highest BCUT2D eigenvalue weighted by molar-refractivity contribution is 5.76. The van der Waals surface area contributed by atoms with Gasteiger partial charge < -0.3 is 89.9 Å². The van der Waals surface area contributed by atoms with E-state index in [0.717, 1.165) is 44.9 Å². The molecule has 3 heterocycles. The van der Waals surface area contributed by atoms with Gasteiger partial charge in [0.25, 0.3) is 0 Å². The Morgan fingerprint density at radius 2 is 0.829 bits per heavy atom. The first-order chi connectivity index (χ1) is 36.8. The minimum atomic E-state index is -1.97. The number of hydrogen-bond acceptors (Lipinski definition) is 18. The van der Waals surface area contributed by atoms with Crippen molar-refractivity contribution in [2.24, 2.45) is 0 Å². The molecular weight excluding hydrogens is 987 g/mol. The lowest BCUT2D eigenvalue weighted by Gasteiger charge is -2.48. The Hall–Kier alpha value is -1.47. The van der Waals surface area contributed by atoms with Crippen molar-refractivity contribution in [3.63, 3.8) is 0 Å². The van der Waals surface area contributed by atoms with Crippen LogP contribution in [0.1, 0.15) is 213 Å². The smallest absolute Gasteiger partial charge is 0.220 e. The Morgan fingerprint density at radius 1 is 0.461 bits per heavy atom. The zero-order chi connectivity index (χ0) is 55.5. The first kappa shape index (κ1) is 68.8. The average molecular weight is 1090 g/mol. The van der Waals surface area contributed by atoms with Gasteiger partial charge in [-0.1, -0.05) is 180 Å². The molecule has 3 rings (SSSR count). The molecule has 0 spiro atoms. The third-order valence-electron chi connectivity index (χ3n) is 15.3. The molecule has 0 radical (unpaired) electrons. The summed E-state index contributed by atoms with van der Waals surface area (Å²) in [5.74, 6) is -0.246. The predicted octanol–water partition coefficient (Wildman–Crippen LogP) is 4.99. The van der Waals surface area contributed by atoms with Gasteiger partial charge in [0.15, 0.2) is 18.9 Å². The van der Waals surface area contributed by atoms with E-state index in [9.17, 15) is 61.0 Å². The first-order valence-corrected chi connectivity index (χ1v) is 29.9. The fraction of sp³-hybridized carbons (Fsp3) is 0.947. The average Bonchev–Trinajstić information content (AvgIpc) is 3.42. The summed E-state index contributed by atoms with van der Waals surface area (Å²) in [4.78, 5) is 13.3. The lowest BCUT2D eigenvalue weighted by Crippen LogP contribution is -2.66. The highest BCUT2D eigenvalue weighted by Gasteiger charge is 2.53. The van der Waals surface area contributed by atoms with Crippen molar-refractivity contribution in [2.75, 3.05) is 26.4 Å². The molecule has 3 saturated heterocycles. The second-order valence-electron chi connectivity index (χ2n) is 21.8. The fourth-order valence-corrected chi connectivity index (χ4v) is 10.4. The molecular formula is C57H107NO18. The van der Waals surface area contributed by atoms with Crippen molar-refractivity contribution in [3.8, 4) is 0 Å². The van der Waals surface area contributed by atoms with Gasteiger partial charge in [-0.2, -0.15) is 0 Å². The highest BCUT2D eigenvalue weighted by Crippen LogP contribution is 2.33. The van der Waals surface area contributed by atoms with Crippen LogP contribution in [0.25, 0.3) is 0 Å². The van der Waals surface area contributed by atoms with Crippen LogP contribution < -0.4 is 5.32 Å².